The van der Waals surface area contributed by atoms with Crippen LogP contribution in [-0.4, -0.2) is 68.2 Å². The van der Waals surface area contributed by atoms with E-state index in [1.54, 1.807) is 21.0 Å². The molecule has 0 aromatic heterocycles. The first-order valence-electron chi connectivity index (χ1n) is 10.5. The molecule has 0 aromatic rings. The highest BCUT2D eigenvalue weighted by molar-refractivity contribution is 5.89. The third-order valence-corrected chi connectivity index (χ3v) is 5.59. The van der Waals surface area contributed by atoms with Gasteiger partial charge in [-0.25, -0.2) is 0 Å². The lowest BCUT2D eigenvalue weighted by atomic mass is 10.00. The van der Waals surface area contributed by atoms with E-state index in [0.717, 1.165) is 25.7 Å². The zero-order valence-electron chi connectivity index (χ0n) is 18.3. The van der Waals surface area contributed by atoms with Gasteiger partial charge in [0.25, 0.3) is 5.78 Å². The first kappa shape index (κ1) is 26.3. The fraction of sp³-hybridized carbons (Fsp3) is 0.950. The molecule has 1 rings (SSSR count). The third kappa shape index (κ3) is 8.13. The van der Waals surface area contributed by atoms with Gasteiger partial charge in [-0.05, 0) is 24.7 Å². The predicted octanol–water partition coefficient (Wildman–Crippen LogP) is 2.91. The van der Waals surface area contributed by atoms with E-state index in [1.807, 2.05) is 13.8 Å². The van der Waals surface area contributed by atoms with E-state index in [4.69, 9.17) is 15.2 Å². The topological polar surface area (TPSA) is 76.8 Å². The van der Waals surface area contributed by atoms with E-state index in [-0.39, 0.29) is 24.9 Å². The van der Waals surface area contributed by atoms with E-state index in [1.165, 1.54) is 0 Å². The normalized spacial score (nSPS) is 19.3. The molecule has 0 radical (unpaired) electrons. The number of nitrogens with zero attached hydrogens (tertiary/aromatic N) is 1. The number of rotatable bonds is 13. The van der Waals surface area contributed by atoms with Crippen molar-refractivity contribution in [2.75, 3.05) is 27.0 Å². The second kappa shape index (κ2) is 12.2. The average molecular weight is 426 g/mol. The summed E-state index contributed by atoms with van der Waals surface area (Å²) in [5.74, 6) is -2.03. The van der Waals surface area contributed by atoms with Gasteiger partial charge in [0, 0.05) is 25.7 Å². The highest BCUT2D eigenvalue weighted by atomic mass is 19.4. The van der Waals surface area contributed by atoms with Crippen molar-refractivity contribution in [3.63, 3.8) is 0 Å². The van der Waals surface area contributed by atoms with Crippen molar-refractivity contribution < 1.29 is 27.4 Å². The summed E-state index contributed by atoms with van der Waals surface area (Å²) in [4.78, 5) is 13.8. The van der Waals surface area contributed by atoms with Gasteiger partial charge in [-0.1, -0.05) is 40.5 Å². The summed E-state index contributed by atoms with van der Waals surface area (Å²) in [6, 6.07) is -1.12. The standard InChI is InChI=1S/C20H38F3N3O3/c1-13(2)16(24)19(28-5)26(15-8-6-7-9-15)10-11-29-12-25-17(14(3)4)18(27)20(21,22)23/h13-17,19,25H,6-12,24H2,1-5H3. The van der Waals surface area contributed by atoms with Crippen molar-refractivity contribution in [2.45, 2.75) is 83.9 Å². The Bertz CT molecular complexity index is 483. The Morgan fingerprint density at radius 1 is 1.17 bits per heavy atom. The second-order valence-corrected chi connectivity index (χ2v) is 8.46. The molecule has 0 amide bonds. The lowest BCUT2D eigenvalue weighted by Gasteiger charge is -2.39. The zero-order valence-corrected chi connectivity index (χ0v) is 18.3. The number of nitrogens with one attached hydrogen (secondary N) is 1. The first-order chi connectivity index (χ1) is 13.5. The molecule has 29 heavy (non-hydrogen) atoms. The van der Waals surface area contributed by atoms with Crippen LogP contribution >= 0.6 is 0 Å². The van der Waals surface area contributed by atoms with Gasteiger partial charge >= 0.3 is 6.18 Å². The molecule has 1 saturated carbocycles. The number of hydrogen-bond acceptors (Lipinski definition) is 6. The molecule has 1 fully saturated rings. The van der Waals surface area contributed by atoms with E-state index in [9.17, 15) is 18.0 Å². The summed E-state index contributed by atoms with van der Waals surface area (Å²) in [6.45, 7) is 7.97. The summed E-state index contributed by atoms with van der Waals surface area (Å²) in [5.41, 5.74) is 6.35. The van der Waals surface area contributed by atoms with Crippen LogP contribution in [0.4, 0.5) is 13.2 Å². The maximum Gasteiger partial charge on any atom is 0.451 e. The SMILES string of the molecule is COC(C(N)C(C)C)N(CCOCNC(C(=O)C(F)(F)F)C(C)C)C1CCCC1. The Balaban J connectivity index is 2.60. The van der Waals surface area contributed by atoms with Crippen molar-refractivity contribution in [1.82, 2.24) is 10.2 Å². The average Bonchev–Trinajstić information content (AvgIpc) is 3.16. The number of alkyl halides is 3. The summed E-state index contributed by atoms with van der Waals surface area (Å²) < 4.78 is 49.4. The number of nitrogens with two attached hydrogens (primary N) is 1. The van der Waals surface area contributed by atoms with Crippen molar-refractivity contribution >= 4 is 5.78 Å². The van der Waals surface area contributed by atoms with Crippen LogP contribution in [-0.2, 0) is 14.3 Å². The Hall–Kier alpha value is -0.740. The number of halogens is 3. The van der Waals surface area contributed by atoms with Gasteiger partial charge in [-0.3, -0.25) is 15.0 Å². The van der Waals surface area contributed by atoms with E-state index in [2.05, 4.69) is 10.2 Å². The lowest BCUT2D eigenvalue weighted by molar-refractivity contribution is -0.175. The molecular weight excluding hydrogens is 387 g/mol. The first-order valence-corrected chi connectivity index (χ1v) is 10.5. The molecule has 1 aliphatic rings. The summed E-state index contributed by atoms with van der Waals surface area (Å²) in [5, 5.41) is 2.59. The Morgan fingerprint density at radius 3 is 2.21 bits per heavy atom. The number of methoxy groups -OCH3 is 1. The van der Waals surface area contributed by atoms with Crippen LogP contribution < -0.4 is 11.1 Å². The van der Waals surface area contributed by atoms with Crippen LogP contribution in [0.5, 0.6) is 0 Å². The van der Waals surface area contributed by atoms with Crippen LogP contribution in [0.25, 0.3) is 0 Å². The van der Waals surface area contributed by atoms with E-state index < -0.39 is 23.9 Å². The van der Waals surface area contributed by atoms with Crippen LogP contribution in [0.1, 0.15) is 53.4 Å². The molecule has 0 heterocycles. The maximum atomic E-state index is 12.7. The minimum absolute atomic E-state index is 0.128. The van der Waals surface area contributed by atoms with Gasteiger partial charge < -0.3 is 15.2 Å². The van der Waals surface area contributed by atoms with Gasteiger partial charge in [-0.2, -0.15) is 13.2 Å². The molecule has 172 valence electrons. The van der Waals surface area contributed by atoms with Crippen LogP contribution in [0.2, 0.25) is 0 Å². The molecule has 0 aromatic carbocycles. The van der Waals surface area contributed by atoms with Gasteiger partial charge in [0.15, 0.2) is 0 Å². The third-order valence-electron chi connectivity index (χ3n) is 5.59. The Labute approximate surface area is 172 Å². The fourth-order valence-electron chi connectivity index (χ4n) is 3.79. The number of carbonyl (C=O) groups excluding carboxylic acids is 1. The molecule has 3 atom stereocenters. The number of carbonyl (C=O) groups is 1. The van der Waals surface area contributed by atoms with Gasteiger partial charge in [-0.15, -0.1) is 0 Å². The summed E-state index contributed by atoms with van der Waals surface area (Å²) >= 11 is 0. The number of hydrogen-bond donors (Lipinski definition) is 2. The van der Waals surface area contributed by atoms with Crippen molar-refractivity contribution in [2.24, 2.45) is 17.6 Å². The summed E-state index contributed by atoms with van der Waals surface area (Å²) in [7, 11) is 1.65. The molecule has 0 bridgehead atoms. The monoisotopic (exact) mass is 425 g/mol. The Kier molecular flexibility index (Phi) is 11.1. The largest absolute Gasteiger partial charge is 0.451 e. The maximum absolute atomic E-state index is 12.7. The van der Waals surface area contributed by atoms with Gasteiger partial charge in [0.05, 0.1) is 19.4 Å². The smallest absolute Gasteiger partial charge is 0.365 e. The summed E-state index contributed by atoms with van der Waals surface area (Å²) in [6.07, 6.45) is -0.652. The molecule has 0 spiro atoms. The minimum atomic E-state index is -4.86. The quantitative estimate of drug-likeness (QED) is 0.349. The highest BCUT2D eigenvalue weighted by Gasteiger charge is 2.44. The molecule has 9 heteroatoms. The van der Waals surface area contributed by atoms with Crippen molar-refractivity contribution in [3.8, 4) is 0 Å². The minimum Gasteiger partial charge on any atom is -0.365 e. The molecule has 1 aliphatic carbocycles. The van der Waals surface area contributed by atoms with Gasteiger partial charge in [0.1, 0.15) is 6.23 Å². The van der Waals surface area contributed by atoms with Crippen LogP contribution in [0.3, 0.4) is 0 Å². The molecule has 0 aliphatic heterocycles. The lowest BCUT2D eigenvalue weighted by Crippen LogP contribution is -2.55. The van der Waals surface area contributed by atoms with E-state index in [0.29, 0.717) is 19.2 Å². The number of ether oxygens (including phenoxy) is 2. The van der Waals surface area contributed by atoms with Crippen LogP contribution in [0.15, 0.2) is 0 Å². The molecule has 0 saturated heterocycles. The molecule has 3 unspecified atom stereocenters. The highest BCUT2D eigenvalue weighted by Crippen LogP contribution is 2.27. The van der Waals surface area contributed by atoms with Crippen molar-refractivity contribution in [1.29, 1.82) is 0 Å². The number of ketones is 1. The molecule has 6 nitrogen and oxygen atoms in total. The van der Waals surface area contributed by atoms with Crippen LogP contribution in [0, 0.1) is 11.8 Å². The fourth-order valence-corrected chi connectivity index (χ4v) is 3.79. The molecule has 3 N–H and O–H groups in total. The predicted molar refractivity (Wildman–Crippen MR) is 106 cm³/mol. The second-order valence-electron chi connectivity index (χ2n) is 8.46. The Morgan fingerprint density at radius 2 is 1.76 bits per heavy atom. The zero-order chi connectivity index (χ0) is 22.2. The van der Waals surface area contributed by atoms with Gasteiger partial charge in [0.2, 0.25) is 0 Å². The van der Waals surface area contributed by atoms with E-state index >= 15 is 0 Å². The number of Topliss-reactive ketones (excluding diaryl/α,β-unsaturated/α-hetero) is 1. The molecular formula is C20H38F3N3O3. The van der Waals surface area contributed by atoms with Crippen molar-refractivity contribution in [3.05, 3.63) is 0 Å².